The summed E-state index contributed by atoms with van der Waals surface area (Å²) in [6, 6.07) is 7.83. The summed E-state index contributed by atoms with van der Waals surface area (Å²) in [5.41, 5.74) is 8.52. The molecule has 0 spiro atoms. The first kappa shape index (κ1) is 14.0. The average molecular weight is 276 g/mol. The Hall–Kier alpha value is -1.39. The van der Waals surface area contributed by atoms with Crippen molar-refractivity contribution in [3.8, 4) is 5.75 Å². The Kier molecular flexibility index (Phi) is 4.56. The highest BCUT2D eigenvalue weighted by molar-refractivity contribution is 7.11. The standard InChI is InChI=1S/C15H20N2OS/c1-4-13-10(2)19-15(17-13)9-12(16)11-7-5-6-8-14(11)18-3/h5-8,12H,4,9,16H2,1-3H3. The topological polar surface area (TPSA) is 48.1 Å². The van der Waals surface area contributed by atoms with Gasteiger partial charge in [-0.15, -0.1) is 11.3 Å². The molecule has 0 fully saturated rings. The van der Waals surface area contributed by atoms with Gasteiger partial charge in [-0.05, 0) is 19.4 Å². The van der Waals surface area contributed by atoms with Crippen LogP contribution in [0.4, 0.5) is 0 Å². The van der Waals surface area contributed by atoms with Gasteiger partial charge in [0.05, 0.1) is 17.8 Å². The van der Waals surface area contributed by atoms with Gasteiger partial charge in [0.2, 0.25) is 0 Å². The monoisotopic (exact) mass is 276 g/mol. The number of hydrogen-bond acceptors (Lipinski definition) is 4. The van der Waals surface area contributed by atoms with Gasteiger partial charge in [0.25, 0.3) is 0 Å². The number of nitrogens with two attached hydrogens (primary N) is 1. The predicted octanol–water partition coefficient (Wildman–Crippen LogP) is 3.27. The predicted molar refractivity (Wildman–Crippen MR) is 79.9 cm³/mol. The van der Waals surface area contributed by atoms with Gasteiger partial charge < -0.3 is 10.5 Å². The van der Waals surface area contributed by atoms with Crippen LogP contribution in [-0.2, 0) is 12.8 Å². The highest BCUT2D eigenvalue weighted by Crippen LogP contribution is 2.27. The third-order valence-electron chi connectivity index (χ3n) is 3.20. The lowest BCUT2D eigenvalue weighted by Gasteiger charge is -2.14. The molecule has 1 aromatic carbocycles. The van der Waals surface area contributed by atoms with E-state index in [0.717, 1.165) is 29.2 Å². The lowest BCUT2D eigenvalue weighted by molar-refractivity contribution is 0.405. The van der Waals surface area contributed by atoms with E-state index in [4.69, 9.17) is 10.5 Å². The fourth-order valence-electron chi connectivity index (χ4n) is 2.17. The second kappa shape index (κ2) is 6.17. The number of methoxy groups -OCH3 is 1. The molecule has 0 radical (unpaired) electrons. The van der Waals surface area contributed by atoms with Crippen molar-refractivity contribution in [2.75, 3.05) is 7.11 Å². The van der Waals surface area contributed by atoms with E-state index in [9.17, 15) is 0 Å². The number of aromatic nitrogens is 1. The molecule has 0 aliphatic carbocycles. The van der Waals surface area contributed by atoms with Crippen LogP contribution in [0, 0.1) is 6.92 Å². The SMILES string of the molecule is CCc1nc(CC(N)c2ccccc2OC)sc1C. The molecule has 3 nitrogen and oxygen atoms in total. The van der Waals surface area contributed by atoms with E-state index in [1.54, 1.807) is 18.4 Å². The third kappa shape index (κ3) is 3.14. The number of rotatable bonds is 5. The van der Waals surface area contributed by atoms with Crippen molar-refractivity contribution < 1.29 is 4.74 Å². The molecule has 0 bridgehead atoms. The van der Waals surface area contributed by atoms with Crippen LogP contribution in [-0.4, -0.2) is 12.1 Å². The molecule has 4 heteroatoms. The minimum absolute atomic E-state index is 0.0774. The Bertz CT molecular complexity index is 551. The zero-order chi connectivity index (χ0) is 13.8. The molecule has 1 unspecified atom stereocenters. The number of aryl methyl sites for hydroxylation is 2. The molecule has 0 aliphatic heterocycles. The van der Waals surface area contributed by atoms with Crippen molar-refractivity contribution in [1.82, 2.24) is 4.98 Å². The summed E-state index contributed by atoms with van der Waals surface area (Å²) in [5, 5.41) is 1.10. The van der Waals surface area contributed by atoms with Crippen LogP contribution in [0.3, 0.4) is 0 Å². The summed E-state index contributed by atoms with van der Waals surface area (Å²) in [4.78, 5) is 5.94. The number of benzene rings is 1. The Morgan fingerprint density at radius 1 is 1.37 bits per heavy atom. The molecule has 0 saturated carbocycles. The van der Waals surface area contributed by atoms with Gasteiger partial charge in [-0.25, -0.2) is 4.98 Å². The Morgan fingerprint density at radius 2 is 2.11 bits per heavy atom. The first-order chi connectivity index (χ1) is 9.15. The number of ether oxygens (including phenoxy) is 1. The molecule has 0 aliphatic rings. The van der Waals surface area contributed by atoms with Crippen LogP contribution in [0.1, 0.15) is 34.1 Å². The third-order valence-corrected chi connectivity index (χ3v) is 4.24. The highest BCUT2D eigenvalue weighted by Gasteiger charge is 2.15. The maximum Gasteiger partial charge on any atom is 0.123 e. The van der Waals surface area contributed by atoms with Crippen LogP contribution in [0.5, 0.6) is 5.75 Å². The fourth-order valence-corrected chi connectivity index (χ4v) is 3.25. The van der Waals surface area contributed by atoms with Crippen LogP contribution in [0.25, 0.3) is 0 Å². The molecule has 2 aromatic rings. The van der Waals surface area contributed by atoms with Crippen molar-refractivity contribution in [2.24, 2.45) is 5.73 Å². The fraction of sp³-hybridized carbons (Fsp3) is 0.400. The van der Waals surface area contributed by atoms with Gasteiger partial charge in [-0.1, -0.05) is 25.1 Å². The highest BCUT2D eigenvalue weighted by atomic mass is 32.1. The smallest absolute Gasteiger partial charge is 0.123 e. The maximum absolute atomic E-state index is 6.29. The van der Waals surface area contributed by atoms with Crippen LogP contribution in [0.15, 0.2) is 24.3 Å². The Labute approximate surface area is 118 Å². The molecule has 0 amide bonds. The van der Waals surface area contributed by atoms with Gasteiger partial charge >= 0.3 is 0 Å². The number of nitrogens with zero attached hydrogens (tertiary/aromatic N) is 1. The van der Waals surface area contributed by atoms with E-state index in [-0.39, 0.29) is 6.04 Å². The van der Waals surface area contributed by atoms with Gasteiger partial charge in [0.1, 0.15) is 5.75 Å². The molecule has 1 aromatic heterocycles. The molecule has 2 rings (SSSR count). The van der Waals surface area contributed by atoms with Crippen molar-refractivity contribution in [2.45, 2.75) is 32.7 Å². The van der Waals surface area contributed by atoms with Gasteiger partial charge in [0, 0.05) is 22.9 Å². The summed E-state index contributed by atoms with van der Waals surface area (Å²) >= 11 is 1.74. The van der Waals surface area contributed by atoms with E-state index < -0.39 is 0 Å². The van der Waals surface area contributed by atoms with Crippen molar-refractivity contribution in [1.29, 1.82) is 0 Å². The lowest BCUT2D eigenvalue weighted by Crippen LogP contribution is -2.14. The maximum atomic E-state index is 6.29. The van der Waals surface area contributed by atoms with Crippen molar-refractivity contribution >= 4 is 11.3 Å². The number of hydrogen-bond donors (Lipinski definition) is 1. The summed E-state index contributed by atoms with van der Waals surface area (Å²) < 4.78 is 5.36. The summed E-state index contributed by atoms with van der Waals surface area (Å²) in [6.45, 7) is 4.25. The van der Waals surface area contributed by atoms with Crippen LogP contribution >= 0.6 is 11.3 Å². The van der Waals surface area contributed by atoms with Crippen molar-refractivity contribution in [3.05, 3.63) is 45.4 Å². The first-order valence-corrected chi connectivity index (χ1v) is 7.31. The number of para-hydroxylation sites is 1. The normalized spacial score (nSPS) is 12.4. The van der Waals surface area contributed by atoms with E-state index in [1.807, 2.05) is 24.3 Å². The first-order valence-electron chi connectivity index (χ1n) is 6.49. The molecule has 0 saturated heterocycles. The Morgan fingerprint density at radius 3 is 2.74 bits per heavy atom. The molecule has 2 N–H and O–H groups in total. The van der Waals surface area contributed by atoms with Crippen molar-refractivity contribution in [3.63, 3.8) is 0 Å². The van der Waals surface area contributed by atoms with Crippen LogP contribution < -0.4 is 10.5 Å². The quantitative estimate of drug-likeness (QED) is 0.911. The molecular formula is C15H20N2OS. The van der Waals surface area contributed by atoms with E-state index >= 15 is 0 Å². The zero-order valence-electron chi connectivity index (χ0n) is 11.6. The van der Waals surface area contributed by atoms with E-state index in [1.165, 1.54) is 10.6 Å². The summed E-state index contributed by atoms with van der Waals surface area (Å²) in [7, 11) is 1.67. The lowest BCUT2D eigenvalue weighted by atomic mass is 10.0. The van der Waals surface area contributed by atoms with Gasteiger partial charge in [0.15, 0.2) is 0 Å². The largest absolute Gasteiger partial charge is 0.496 e. The molecule has 102 valence electrons. The average Bonchev–Trinajstić information content (AvgIpc) is 2.78. The van der Waals surface area contributed by atoms with Gasteiger partial charge in [-0.3, -0.25) is 0 Å². The van der Waals surface area contributed by atoms with E-state index in [2.05, 4.69) is 18.8 Å². The second-order valence-electron chi connectivity index (χ2n) is 4.52. The molecule has 1 atom stereocenters. The van der Waals surface area contributed by atoms with Gasteiger partial charge in [-0.2, -0.15) is 0 Å². The zero-order valence-corrected chi connectivity index (χ0v) is 12.5. The number of thiazole rings is 1. The molecule has 1 heterocycles. The molecular weight excluding hydrogens is 256 g/mol. The second-order valence-corrected chi connectivity index (χ2v) is 5.80. The summed E-state index contributed by atoms with van der Waals surface area (Å²) in [6.07, 6.45) is 1.73. The minimum atomic E-state index is -0.0774. The summed E-state index contributed by atoms with van der Waals surface area (Å²) in [5.74, 6) is 0.846. The van der Waals surface area contributed by atoms with E-state index in [0.29, 0.717) is 0 Å². The Balaban J connectivity index is 2.18. The minimum Gasteiger partial charge on any atom is -0.496 e. The molecule has 19 heavy (non-hydrogen) atoms. The van der Waals surface area contributed by atoms with Crippen LogP contribution in [0.2, 0.25) is 0 Å².